The Kier molecular flexibility index (Phi) is 4.61. The molecule has 0 radical (unpaired) electrons. The van der Waals surface area contributed by atoms with Crippen LogP contribution in [0, 0.1) is 11.6 Å². The summed E-state index contributed by atoms with van der Waals surface area (Å²) in [4.78, 5) is 12.2. The number of carbonyl (C=O) groups excluding carboxylic acids is 1. The van der Waals surface area contributed by atoms with Gasteiger partial charge in [-0.05, 0) is 50.6 Å². The van der Waals surface area contributed by atoms with E-state index in [0.29, 0.717) is 10.0 Å². The van der Waals surface area contributed by atoms with E-state index in [2.05, 4.69) is 36.8 Å². The number of nitrogens with one attached hydrogen (secondary N) is 1. The molecule has 6 nitrogen and oxygen atoms in total. The van der Waals surface area contributed by atoms with Crippen LogP contribution in [0.25, 0.3) is 5.69 Å². The lowest BCUT2D eigenvalue weighted by Crippen LogP contribution is -2.25. The summed E-state index contributed by atoms with van der Waals surface area (Å²) in [5, 5.41) is 13.7. The van der Waals surface area contributed by atoms with E-state index in [1.54, 1.807) is 24.3 Å². The smallest absolute Gasteiger partial charge is 0.252 e. The molecule has 122 valence electrons. The van der Waals surface area contributed by atoms with Crippen LogP contribution in [0.2, 0.25) is 0 Å². The number of carbonyl (C=O) groups is 1. The second-order valence-electron chi connectivity index (χ2n) is 4.77. The first kappa shape index (κ1) is 16.2. The van der Waals surface area contributed by atoms with E-state index < -0.39 is 11.6 Å². The summed E-state index contributed by atoms with van der Waals surface area (Å²) >= 11 is 3.30. The van der Waals surface area contributed by atoms with Gasteiger partial charge in [-0.15, -0.1) is 5.10 Å². The molecule has 0 atom stereocenters. The second kappa shape index (κ2) is 6.83. The molecule has 0 aliphatic carbocycles. The van der Waals surface area contributed by atoms with Gasteiger partial charge in [0.05, 0.1) is 17.8 Å². The fourth-order valence-corrected chi connectivity index (χ4v) is 2.50. The van der Waals surface area contributed by atoms with Crippen LogP contribution in [0.1, 0.15) is 16.2 Å². The Morgan fingerprint density at radius 3 is 2.71 bits per heavy atom. The molecule has 3 aromatic rings. The Bertz CT molecular complexity index is 899. The van der Waals surface area contributed by atoms with Crippen molar-refractivity contribution in [3.63, 3.8) is 0 Å². The third-order valence-corrected chi connectivity index (χ3v) is 3.90. The van der Waals surface area contributed by atoms with E-state index >= 15 is 0 Å². The normalized spacial score (nSPS) is 10.6. The zero-order valence-electron chi connectivity index (χ0n) is 12.1. The molecule has 9 heteroatoms. The van der Waals surface area contributed by atoms with Gasteiger partial charge >= 0.3 is 0 Å². The first-order valence-electron chi connectivity index (χ1n) is 6.81. The van der Waals surface area contributed by atoms with E-state index in [4.69, 9.17) is 0 Å². The summed E-state index contributed by atoms with van der Waals surface area (Å²) in [5.74, 6) is -2.01. The molecule has 1 amide bonds. The van der Waals surface area contributed by atoms with Crippen LogP contribution >= 0.6 is 15.9 Å². The second-order valence-corrected chi connectivity index (χ2v) is 5.62. The molecule has 0 spiro atoms. The first-order valence-corrected chi connectivity index (χ1v) is 7.61. The monoisotopic (exact) mass is 393 g/mol. The van der Waals surface area contributed by atoms with Gasteiger partial charge in [0.25, 0.3) is 5.91 Å². The number of aromatic nitrogens is 4. The van der Waals surface area contributed by atoms with Crippen LogP contribution in [-0.4, -0.2) is 26.1 Å². The number of amides is 1. The number of nitrogens with zero attached hydrogens (tertiary/aromatic N) is 4. The molecule has 0 bridgehead atoms. The Labute approximate surface area is 143 Å². The standard InChI is InChI=1S/C15H10BrF2N5O/c16-11-4-2-1-3-10(11)15(24)19-8-14-20-21-22-23(14)9-5-6-12(17)13(18)7-9/h1-7H,8H2,(H,19,24). The van der Waals surface area contributed by atoms with Crippen molar-refractivity contribution in [3.8, 4) is 5.69 Å². The molecule has 1 N–H and O–H groups in total. The maximum absolute atomic E-state index is 13.4. The highest BCUT2D eigenvalue weighted by Gasteiger charge is 2.14. The summed E-state index contributed by atoms with van der Waals surface area (Å²) in [6, 6.07) is 10.3. The SMILES string of the molecule is O=C(NCc1nnnn1-c1ccc(F)c(F)c1)c1ccccc1Br. The van der Waals surface area contributed by atoms with Gasteiger partial charge in [-0.3, -0.25) is 4.79 Å². The van der Waals surface area contributed by atoms with Crippen molar-refractivity contribution in [2.45, 2.75) is 6.54 Å². The van der Waals surface area contributed by atoms with Crippen molar-refractivity contribution in [1.29, 1.82) is 0 Å². The number of hydrogen-bond donors (Lipinski definition) is 1. The molecule has 0 unspecified atom stereocenters. The number of tetrazole rings is 1. The maximum Gasteiger partial charge on any atom is 0.252 e. The Balaban J connectivity index is 1.78. The lowest BCUT2D eigenvalue weighted by molar-refractivity contribution is 0.0949. The minimum atomic E-state index is -1.01. The molecule has 1 heterocycles. The van der Waals surface area contributed by atoms with Gasteiger partial charge in [0, 0.05) is 10.5 Å². The lowest BCUT2D eigenvalue weighted by atomic mass is 10.2. The largest absolute Gasteiger partial charge is 0.345 e. The van der Waals surface area contributed by atoms with Gasteiger partial charge in [0.2, 0.25) is 0 Å². The van der Waals surface area contributed by atoms with Gasteiger partial charge in [0.15, 0.2) is 17.5 Å². The van der Waals surface area contributed by atoms with Crippen molar-refractivity contribution in [1.82, 2.24) is 25.5 Å². The zero-order valence-corrected chi connectivity index (χ0v) is 13.7. The van der Waals surface area contributed by atoms with E-state index in [-0.39, 0.29) is 24.0 Å². The van der Waals surface area contributed by atoms with E-state index in [0.717, 1.165) is 12.1 Å². The number of halogens is 3. The number of hydrogen-bond acceptors (Lipinski definition) is 4. The van der Waals surface area contributed by atoms with Crippen LogP contribution in [0.4, 0.5) is 8.78 Å². The summed E-state index contributed by atoms with van der Waals surface area (Å²) in [5.41, 5.74) is 0.716. The Hall–Kier alpha value is -2.68. The molecule has 3 rings (SSSR count). The quantitative estimate of drug-likeness (QED) is 0.739. The average Bonchev–Trinajstić information content (AvgIpc) is 3.04. The molecular weight excluding hydrogens is 384 g/mol. The highest BCUT2D eigenvalue weighted by Crippen LogP contribution is 2.16. The third kappa shape index (κ3) is 3.30. The van der Waals surface area contributed by atoms with Crippen molar-refractivity contribution < 1.29 is 13.6 Å². The van der Waals surface area contributed by atoms with Gasteiger partial charge in [-0.2, -0.15) is 4.68 Å². The molecular formula is C15H10BrF2N5O. The fraction of sp³-hybridized carbons (Fsp3) is 0.0667. The van der Waals surface area contributed by atoms with Gasteiger partial charge in [-0.1, -0.05) is 12.1 Å². The predicted octanol–water partition coefficient (Wildman–Crippen LogP) is 2.63. The molecule has 0 fully saturated rings. The van der Waals surface area contributed by atoms with Crippen LogP contribution < -0.4 is 5.32 Å². The maximum atomic E-state index is 13.4. The highest BCUT2D eigenvalue weighted by molar-refractivity contribution is 9.10. The Morgan fingerprint density at radius 1 is 1.17 bits per heavy atom. The van der Waals surface area contributed by atoms with Crippen LogP contribution in [0.3, 0.4) is 0 Å². The van der Waals surface area contributed by atoms with Gasteiger partial charge < -0.3 is 5.32 Å². The van der Waals surface area contributed by atoms with Crippen LogP contribution in [-0.2, 0) is 6.54 Å². The lowest BCUT2D eigenvalue weighted by Gasteiger charge is -2.07. The van der Waals surface area contributed by atoms with Crippen molar-refractivity contribution in [2.75, 3.05) is 0 Å². The summed E-state index contributed by atoms with van der Waals surface area (Å²) in [6.45, 7) is 0.0200. The minimum absolute atomic E-state index is 0.0200. The summed E-state index contributed by atoms with van der Waals surface area (Å²) < 4.78 is 28.3. The average molecular weight is 394 g/mol. The molecule has 24 heavy (non-hydrogen) atoms. The van der Waals surface area contributed by atoms with E-state index in [1.165, 1.54) is 10.7 Å². The predicted molar refractivity (Wildman–Crippen MR) is 84.4 cm³/mol. The van der Waals surface area contributed by atoms with E-state index in [1.807, 2.05) is 0 Å². The van der Waals surface area contributed by atoms with Gasteiger partial charge in [0.1, 0.15) is 0 Å². The summed E-state index contributed by atoms with van der Waals surface area (Å²) in [7, 11) is 0. The molecule has 2 aromatic carbocycles. The van der Waals surface area contributed by atoms with E-state index in [9.17, 15) is 13.6 Å². The van der Waals surface area contributed by atoms with Crippen molar-refractivity contribution >= 4 is 21.8 Å². The molecule has 0 saturated carbocycles. The third-order valence-electron chi connectivity index (χ3n) is 3.21. The first-order chi connectivity index (χ1) is 11.6. The molecule has 0 aliphatic heterocycles. The fourth-order valence-electron chi connectivity index (χ4n) is 2.03. The zero-order chi connectivity index (χ0) is 17.1. The van der Waals surface area contributed by atoms with Crippen LogP contribution in [0.5, 0.6) is 0 Å². The topological polar surface area (TPSA) is 72.7 Å². The van der Waals surface area contributed by atoms with Crippen molar-refractivity contribution in [2.24, 2.45) is 0 Å². The molecule has 1 aromatic heterocycles. The highest BCUT2D eigenvalue weighted by atomic mass is 79.9. The molecule has 0 aliphatic rings. The Morgan fingerprint density at radius 2 is 1.96 bits per heavy atom. The van der Waals surface area contributed by atoms with Gasteiger partial charge in [-0.25, -0.2) is 8.78 Å². The molecule has 0 saturated heterocycles. The summed E-state index contributed by atoms with van der Waals surface area (Å²) in [6.07, 6.45) is 0. The number of rotatable bonds is 4. The number of benzene rings is 2. The minimum Gasteiger partial charge on any atom is -0.345 e. The van der Waals surface area contributed by atoms with Crippen molar-refractivity contribution in [3.05, 3.63) is 70.0 Å². The van der Waals surface area contributed by atoms with Crippen LogP contribution in [0.15, 0.2) is 46.9 Å².